The van der Waals surface area contributed by atoms with Crippen LogP contribution in [0.4, 0.5) is 0 Å². The lowest BCUT2D eigenvalue weighted by molar-refractivity contribution is -0.121. The lowest BCUT2D eigenvalue weighted by Gasteiger charge is -2.30. The second kappa shape index (κ2) is 7.32. The number of carbonyl (C=O) groups is 3. The molecule has 2 aliphatic rings. The summed E-state index contributed by atoms with van der Waals surface area (Å²) in [4.78, 5) is 40.7. The number of hydrogen-bond donors (Lipinski definition) is 1. The normalized spacial score (nSPS) is 20.4. The van der Waals surface area contributed by atoms with Crippen LogP contribution in [0.5, 0.6) is 0 Å². The molecule has 2 aromatic carbocycles. The molecule has 27 heavy (non-hydrogen) atoms. The minimum absolute atomic E-state index is 0.0204. The van der Waals surface area contributed by atoms with Crippen LogP contribution in [0.1, 0.15) is 38.7 Å². The molecule has 0 aromatic heterocycles. The molecule has 1 fully saturated rings. The van der Waals surface area contributed by atoms with E-state index in [1.807, 2.05) is 30.3 Å². The van der Waals surface area contributed by atoms with Crippen LogP contribution in [0.2, 0.25) is 0 Å². The van der Waals surface area contributed by atoms with Crippen molar-refractivity contribution >= 4 is 17.7 Å². The largest absolute Gasteiger partial charge is 0.355 e. The Morgan fingerprint density at radius 2 is 1.48 bits per heavy atom. The van der Waals surface area contributed by atoms with Crippen molar-refractivity contribution in [3.8, 4) is 0 Å². The van der Waals surface area contributed by atoms with Gasteiger partial charge >= 0.3 is 0 Å². The second-order valence-corrected chi connectivity index (χ2v) is 6.82. The van der Waals surface area contributed by atoms with Gasteiger partial charge in [0.25, 0.3) is 11.8 Å². The summed E-state index contributed by atoms with van der Waals surface area (Å²) in [7, 11) is 0. The van der Waals surface area contributed by atoms with Gasteiger partial charge in [0.15, 0.2) is 0 Å². The van der Waals surface area contributed by atoms with E-state index in [1.165, 1.54) is 4.90 Å². The summed E-state index contributed by atoms with van der Waals surface area (Å²) >= 11 is 0. The third-order valence-corrected chi connectivity index (χ3v) is 5.21. The van der Waals surface area contributed by atoms with Gasteiger partial charge in [0.05, 0.1) is 11.1 Å². The zero-order chi connectivity index (χ0) is 18.8. The first-order valence-corrected chi connectivity index (χ1v) is 9.16. The number of nitrogens with zero attached hydrogens (tertiary/aromatic N) is 2. The van der Waals surface area contributed by atoms with Crippen molar-refractivity contribution in [1.82, 2.24) is 15.1 Å². The molecule has 4 rings (SSSR count). The van der Waals surface area contributed by atoms with Crippen LogP contribution < -0.4 is 5.32 Å². The fourth-order valence-corrected chi connectivity index (χ4v) is 3.81. The monoisotopic (exact) mass is 363 g/mol. The average molecular weight is 363 g/mol. The summed E-state index contributed by atoms with van der Waals surface area (Å²) in [6, 6.07) is 16.7. The molecule has 0 radical (unpaired) electrons. The molecule has 1 saturated heterocycles. The van der Waals surface area contributed by atoms with Gasteiger partial charge in [-0.05, 0) is 17.7 Å². The van der Waals surface area contributed by atoms with Gasteiger partial charge in [0.1, 0.15) is 0 Å². The zero-order valence-corrected chi connectivity index (χ0v) is 14.9. The van der Waals surface area contributed by atoms with E-state index in [0.29, 0.717) is 43.7 Å². The molecule has 0 spiro atoms. The Hall–Kier alpha value is -2.99. The quantitative estimate of drug-likeness (QED) is 0.842. The summed E-state index contributed by atoms with van der Waals surface area (Å²) in [6.07, 6.45) is 0.367. The molecule has 6 heteroatoms. The first-order chi connectivity index (χ1) is 13.1. The van der Waals surface area contributed by atoms with Gasteiger partial charge in [-0.15, -0.1) is 0 Å². The average Bonchev–Trinajstić information content (AvgIpc) is 2.83. The van der Waals surface area contributed by atoms with Gasteiger partial charge in [0, 0.05) is 38.6 Å². The highest BCUT2D eigenvalue weighted by atomic mass is 16.2. The lowest BCUT2D eigenvalue weighted by atomic mass is 10.0. The molecule has 3 amide bonds. The van der Waals surface area contributed by atoms with E-state index in [2.05, 4.69) is 10.2 Å². The van der Waals surface area contributed by atoms with Crippen LogP contribution in [0.3, 0.4) is 0 Å². The van der Waals surface area contributed by atoms with E-state index < -0.39 is 0 Å². The Morgan fingerprint density at radius 1 is 0.852 bits per heavy atom. The van der Waals surface area contributed by atoms with Crippen LogP contribution >= 0.6 is 0 Å². The maximum Gasteiger partial charge on any atom is 0.261 e. The highest BCUT2D eigenvalue weighted by Crippen LogP contribution is 2.27. The molecule has 0 unspecified atom stereocenters. The second-order valence-electron chi connectivity index (χ2n) is 6.82. The zero-order valence-electron chi connectivity index (χ0n) is 14.9. The fourth-order valence-electron chi connectivity index (χ4n) is 3.81. The number of amides is 3. The summed E-state index contributed by atoms with van der Waals surface area (Å²) in [5.74, 6) is -0.459. The minimum Gasteiger partial charge on any atom is -0.355 e. The standard InChI is InChI=1S/C21H21N3O3/c25-19-14-18(15-6-2-1-3-7-15)23(11-10-22-19)12-13-24-20(26)16-8-4-5-9-17(16)21(24)27/h1-9,18H,10-14H2,(H,22,25)/t18-/m0/s1. The van der Waals surface area contributed by atoms with Crippen molar-refractivity contribution in [2.24, 2.45) is 0 Å². The molecule has 2 aliphatic heterocycles. The van der Waals surface area contributed by atoms with Crippen LogP contribution in [0.25, 0.3) is 0 Å². The van der Waals surface area contributed by atoms with E-state index in [-0.39, 0.29) is 23.8 Å². The molecule has 6 nitrogen and oxygen atoms in total. The summed E-state index contributed by atoms with van der Waals surface area (Å²) in [5.41, 5.74) is 2.00. The summed E-state index contributed by atoms with van der Waals surface area (Å²) < 4.78 is 0. The number of rotatable bonds is 4. The Balaban J connectivity index is 1.51. The summed E-state index contributed by atoms with van der Waals surface area (Å²) in [6.45, 7) is 2.07. The molecule has 1 N–H and O–H groups in total. The molecule has 0 saturated carbocycles. The van der Waals surface area contributed by atoms with Crippen molar-refractivity contribution in [3.05, 3.63) is 71.3 Å². The van der Waals surface area contributed by atoms with Gasteiger partial charge in [0.2, 0.25) is 5.91 Å². The van der Waals surface area contributed by atoms with Crippen LogP contribution in [0.15, 0.2) is 54.6 Å². The predicted octanol–water partition coefficient (Wildman–Crippen LogP) is 1.85. The first-order valence-electron chi connectivity index (χ1n) is 9.16. The number of hydrogen-bond acceptors (Lipinski definition) is 4. The molecule has 138 valence electrons. The fraction of sp³-hybridized carbons (Fsp3) is 0.286. The summed E-state index contributed by atoms with van der Waals surface area (Å²) in [5, 5.41) is 2.91. The number of benzene rings is 2. The Labute approximate surface area is 157 Å². The van der Waals surface area contributed by atoms with Gasteiger partial charge in [-0.2, -0.15) is 0 Å². The molecular weight excluding hydrogens is 342 g/mol. The third kappa shape index (κ3) is 3.36. The molecule has 2 heterocycles. The van der Waals surface area contributed by atoms with E-state index in [1.54, 1.807) is 24.3 Å². The van der Waals surface area contributed by atoms with Gasteiger partial charge in [-0.25, -0.2) is 0 Å². The maximum atomic E-state index is 12.6. The van der Waals surface area contributed by atoms with Crippen LogP contribution in [0, 0.1) is 0 Å². The Morgan fingerprint density at radius 3 is 2.15 bits per heavy atom. The maximum absolute atomic E-state index is 12.6. The van der Waals surface area contributed by atoms with Crippen LogP contribution in [-0.4, -0.2) is 53.7 Å². The van der Waals surface area contributed by atoms with Gasteiger partial charge in [-0.3, -0.25) is 24.2 Å². The molecular formula is C21H21N3O3. The van der Waals surface area contributed by atoms with Crippen molar-refractivity contribution in [2.75, 3.05) is 26.2 Å². The van der Waals surface area contributed by atoms with E-state index in [9.17, 15) is 14.4 Å². The molecule has 2 aromatic rings. The van der Waals surface area contributed by atoms with Crippen molar-refractivity contribution < 1.29 is 14.4 Å². The van der Waals surface area contributed by atoms with E-state index in [0.717, 1.165) is 5.56 Å². The first kappa shape index (κ1) is 17.4. The molecule has 0 aliphatic carbocycles. The van der Waals surface area contributed by atoms with Crippen LogP contribution in [-0.2, 0) is 4.79 Å². The molecule has 0 bridgehead atoms. The number of imide groups is 1. The Kier molecular flexibility index (Phi) is 4.73. The predicted molar refractivity (Wildman–Crippen MR) is 100 cm³/mol. The van der Waals surface area contributed by atoms with Gasteiger partial charge in [-0.1, -0.05) is 42.5 Å². The Bertz CT molecular complexity index is 846. The smallest absolute Gasteiger partial charge is 0.261 e. The van der Waals surface area contributed by atoms with E-state index in [4.69, 9.17) is 0 Å². The van der Waals surface area contributed by atoms with Crippen molar-refractivity contribution in [3.63, 3.8) is 0 Å². The third-order valence-electron chi connectivity index (χ3n) is 5.21. The highest BCUT2D eigenvalue weighted by molar-refractivity contribution is 6.21. The molecule has 1 atom stereocenters. The van der Waals surface area contributed by atoms with E-state index >= 15 is 0 Å². The number of nitrogens with one attached hydrogen (secondary N) is 1. The lowest BCUT2D eigenvalue weighted by Crippen LogP contribution is -2.40. The SMILES string of the molecule is O=C1C[C@@H](c2ccccc2)N(CCN2C(=O)c3ccccc3C2=O)CCN1. The number of carbonyl (C=O) groups excluding carboxylic acids is 3. The van der Waals surface area contributed by atoms with Gasteiger partial charge < -0.3 is 5.32 Å². The van der Waals surface area contributed by atoms with Crippen molar-refractivity contribution in [2.45, 2.75) is 12.5 Å². The van der Waals surface area contributed by atoms with Crippen molar-refractivity contribution in [1.29, 1.82) is 0 Å². The topological polar surface area (TPSA) is 69.7 Å². The highest BCUT2D eigenvalue weighted by Gasteiger charge is 2.36. The number of fused-ring (bicyclic) bond motifs is 1. The minimum atomic E-state index is -0.240.